The maximum Gasteiger partial charge on any atom is 0.225 e. The summed E-state index contributed by atoms with van der Waals surface area (Å²) >= 11 is 0. The molecular formula is C10H21NO2. The summed E-state index contributed by atoms with van der Waals surface area (Å²) in [6.07, 6.45) is -0.330. The van der Waals surface area contributed by atoms with Crippen molar-refractivity contribution in [2.45, 2.75) is 59.2 Å². The molecule has 0 aliphatic rings. The van der Waals surface area contributed by atoms with E-state index in [1.807, 2.05) is 27.7 Å². The van der Waals surface area contributed by atoms with Crippen LogP contribution in [0.3, 0.4) is 0 Å². The zero-order valence-electron chi connectivity index (χ0n) is 9.24. The minimum atomic E-state index is -0.549. The van der Waals surface area contributed by atoms with Crippen LogP contribution in [0.4, 0.5) is 0 Å². The van der Waals surface area contributed by atoms with Crippen LogP contribution in [-0.4, -0.2) is 34.1 Å². The van der Waals surface area contributed by atoms with Gasteiger partial charge in [-0.15, -0.1) is 0 Å². The van der Waals surface area contributed by atoms with Crippen molar-refractivity contribution in [1.29, 1.82) is 0 Å². The number of nitrogens with zero attached hydrogens (tertiary/aromatic N) is 1. The van der Waals surface area contributed by atoms with Gasteiger partial charge in [0.15, 0.2) is 0 Å². The lowest BCUT2D eigenvalue weighted by molar-refractivity contribution is -0.136. The zero-order chi connectivity index (χ0) is 10.6. The smallest absolute Gasteiger partial charge is 0.225 e. The number of amides is 1. The Morgan fingerprint density at radius 2 is 1.54 bits per heavy atom. The summed E-state index contributed by atoms with van der Waals surface area (Å²) in [4.78, 5) is 13.4. The quantitative estimate of drug-likeness (QED) is 0.722. The highest BCUT2D eigenvalue weighted by Crippen LogP contribution is 2.08. The Balaban J connectivity index is 4.29. The number of carbonyl (C=O) groups excluding carboxylic acids is 1. The van der Waals surface area contributed by atoms with E-state index in [0.717, 1.165) is 0 Å². The zero-order valence-corrected chi connectivity index (χ0v) is 9.24. The van der Waals surface area contributed by atoms with Gasteiger partial charge < -0.3 is 10.0 Å². The Morgan fingerprint density at radius 3 is 1.77 bits per heavy atom. The first-order valence-electron chi connectivity index (χ1n) is 4.85. The molecule has 0 unspecified atom stereocenters. The fourth-order valence-electron chi connectivity index (χ4n) is 1.53. The average molecular weight is 187 g/mol. The summed E-state index contributed by atoms with van der Waals surface area (Å²) in [6, 6.07) is 0.400. The van der Waals surface area contributed by atoms with Gasteiger partial charge in [-0.05, 0) is 34.6 Å². The molecule has 1 atom stereocenters. The van der Waals surface area contributed by atoms with Gasteiger partial charge in [-0.3, -0.25) is 4.79 Å². The molecule has 13 heavy (non-hydrogen) atoms. The minimum absolute atomic E-state index is 0.0278. The number of carbonyl (C=O) groups is 1. The summed E-state index contributed by atoms with van der Waals surface area (Å²) in [5.74, 6) is 0.0278. The molecule has 0 aromatic heterocycles. The molecule has 3 heteroatoms. The van der Waals surface area contributed by atoms with Crippen LogP contribution in [0.15, 0.2) is 0 Å². The van der Waals surface area contributed by atoms with Crippen LogP contribution in [0.25, 0.3) is 0 Å². The molecule has 0 radical (unpaired) electrons. The van der Waals surface area contributed by atoms with Gasteiger partial charge in [-0.25, -0.2) is 0 Å². The largest absolute Gasteiger partial charge is 0.393 e. The van der Waals surface area contributed by atoms with Gasteiger partial charge in [0.2, 0.25) is 5.91 Å². The summed E-state index contributed by atoms with van der Waals surface area (Å²) in [6.45, 7) is 9.58. The summed E-state index contributed by atoms with van der Waals surface area (Å²) in [5.41, 5.74) is 0. The minimum Gasteiger partial charge on any atom is -0.393 e. The molecular weight excluding hydrogens is 166 g/mol. The normalized spacial score (nSPS) is 13.5. The van der Waals surface area contributed by atoms with E-state index in [4.69, 9.17) is 5.11 Å². The van der Waals surface area contributed by atoms with E-state index >= 15 is 0 Å². The van der Waals surface area contributed by atoms with E-state index in [-0.39, 0.29) is 24.4 Å². The molecule has 1 N–H and O–H groups in total. The lowest BCUT2D eigenvalue weighted by Crippen LogP contribution is -2.43. The molecule has 1 amide bonds. The van der Waals surface area contributed by atoms with Gasteiger partial charge in [0.25, 0.3) is 0 Å². The van der Waals surface area contributed by atoms with Crippen molar-refractivity contribution in [3.63, 3.8) is 0 Å². The lowest BCUT2D eigenvalue weighted by atomic mass is 10.2. The first kappa shape index (κ1) is 12.4. The highest BCUT2D eigenvalue weighted by atomic mass is 16.3. The molecule has 0 saturated heterocycles. The highest BCUT2D eigenvalue weighted by Gasteiger charge is 2.20. The third-order valence-corrected chi connectivity index (χ3v) is 1.87. The van der Waals surface area contributed by atoms with Gasteiger partial charge >= 0.3 is 0 Å². The molecule has 3 nitrogen and oxygen atoms in total. The Morgan fingerprint density at radius 1 is 1.15 bits per heavy atom. The van der Waals surface area contributed by atoms with Crippen molar-refractivity contribution < 1.29 is 9.90 Å². The second-order valence-corrected chi connectivity index (χ2v) is 4.04. The van der Waals surface area contributed by atoms with Crippen molar-refractivity contribution >= 4 is 5.91 Å². The van der Waals surface area contributed by atoms with Gasteiger partial charge in [-0.2, -0.15) is 0 Å². The van der Waals surface area contributed by atoms with E-state index in [0.29, 0.717) is 0 Å². The van der Waals surface area contributed by atoms with Gasteiger partial charge in [-0.1, -0.05) is 0 Å². The number of rotatable bonds is 4. The van der Waals surface area contributed by atoms with Crippen molar-refractivity contribution in [2.75, 3.05) is 0 Å². The van der Waals surface area contributed by atoms with Gasteiger partial charge in [0.05, 0.1) is 12.5 Å². The van der Waals surface area contributed by atoms with E-state index in [1.165, 1.54) is 0 Å². The average Bonchev–Trinajstić information content (AvgIpc) is 1.81. The van der Waals surface area contributed by atoms with Crippen molar-refractivity contribution in [3.8, 4) is 0 Å². The van der Waals surface area contributed by atoms with E-state index in [1.54, 1.807) is 11.8 Å². The fraction of sp³-hybridized carbons (Fsp3) is 0.900. The van der Waals surface area contributed by atoms with Crippen LogP contribution in [0.2, 0.25) is 0 Å². The second kappa shape index (κ2) is 5.22. The van der Waals surface area contributed by atoms with Crippen molar-refractivity contribution in [1.82, 2.24) is 4.90 Å². The van der Waals surface area contributed by atoms with Crippen LogP contribution in [0.5, 0.6) is 0 Å². The summed E-state index contributed by atoms with van der Waals surface area (Å²) < 4.78 is 0. The second-order valence-electron chi connectivity index (χ2n) is 4.04. The molecule has 0 heterocycles. The van der Waals surface area contributed by atoms with E-state index in [9.17, 15) is 4.79 Å². The lowest BCUT2D eigenvalue weighted by Gasteiger charge is -2.31. The van der Waals surface area contributed by atoms with E-state index in [2.05, 4.69) is 0 Å². The third-order valence-electron chi connectivity index (χ3n) is 1.87. The van der Waals surface area contributed by atoms with Crippen LogP contribution in [0, 0.1) is 0 Å². The maximum absolute atomic E-state index is 11.6. The predicted octanol–water partition coefficient (Wildman–Crippen LogP) is 1.40. The topological polar surface area (TPSA) is 40.5 Å². The third kappa shape index (κ3) is 4.27. The molecule has 78 valence electrons. The summed E-state index contributed by atoms with van der Waals surface area (Å²) in [7, 11) is 0. The molecule has 0 aromatic rings. The molecule has 0 aliphatic carbocycles. The number of hydrogen-bond acceptors (Lipinski definition) is 2. The monoisotopic (exact) mass is 187 g/mol. The Bertz CT molecular complexity index is 156. The number of aliphatic hydroxyl groups excluding tert-OH is 1. The predicted molar refractivity (Wildman–Crippen MR) is 53.4 cm³/mol. The molecule has 0 saturated carbocycles. The molecule has 0 rings (SSSR count). The fourth-order valence-corrected chi connectivity index (χ4v) is 1.53. The first-order valence-corrected chi connectivity index (χ1v) is 4.85. The molecule has 0 aliphatic heterocycles. The molecule has 0 spiro atoms. The number of hydrogen-bond donors (Lipinski definition) is 1. The van der Waals surface area contributed by atoms with Gasteiger partial charge in [0, 0.05) is 12.1 Å². The molecule has 0 bridgehead atoms. The van der Waals surface area contributed by atoms with Crippen LogP contribution in [0.1, 0.15) is 41.0 Å². The highest BCUT2D eigenvalue weighted by molar-refractivity contribution is 5.77. The Hall–Kier alpha value is -0.570. The maximum atomic E-state index is 11.6. The van der Waals surface area contributed by atoms with Crippen LogP contribution < -0.4 is 0 Å². The SMILES string of the molecule is CC(C)N(C(=O)C[C@@H](C)O)C(C)C. The van der Waals surface area contributed by atoms with Gasteiger partial charge in [0.1, 0.15) is 0 Å². The first-order chi connectivity index (χ1) is 5.86. The Labute approximate surface area is 80.7 Å². The standard InChI is InChI=1S/C10H21NO2/c1-7(2)11(8(3)4)10(13)6-9(5)12/h7-9,12H,6H2,1-5H3/t9-/m1/s1. The molecule has 0 aromatic carbocycles. The summed E-state index contributed by atoms with van der Waals surface area (Å²) in [5, 5.41) is 9.09. The number of aliphatic hydroxyl groups is 1. The molecule has 0 fully saturated rings. The van der Waals surface area contributed by atoms with Crippen molar-refractivity contribution in [2.24, 2.45) is 0 Å². The Kier molecular flexibility index (Phi) is 4.99. The van der Waals surface area contributed by atoms with Crippen LogP contribution in [-0.2, 0) is 4.79 Å². The van der Waals surface area contributed by atoms with Crippen LogP contribution >= 0.6 is 0 Å². The van der Waals surface area contributed by atoms with Crippen molar-refractivity contribution in [3.05, 3.63) is 0 Å². The van der Waals surface area contributed by atoms with E-state index < -0.39 is 6.10 Å².